The molecule has 1 aliphatic rings. The molecule has 2 aromatic rings. The minimum atomic E-state index is -3.40. The van der Waals surface area contributed by atoms with E-state index in [4.69, 9.17) is 0 Å². The Morgan fingerprint density at radius 3 is 2.38 bits per heavy atom. The highest BCUT2D eigenvalue weighted by Gasteiger charge is 2.63. The van der Waals surface area contributed by atoms with Crippen LogP contribution in [0.4, 0.5) is 4.79 Å². The van der Waals surface area contributed by atoms with Gasteiger partial charge in [0, 0.05) is 12.5 Å². The topological polar surface area (TPSA) is 88.2 Å². The van der Waals surface area contributed by atoms with Crippen LogP contribution in [0.25, 0.3) is 0 Å². The van der Waals surface area contributed by atoms with Gasteiger partial charge in [-0.15, -0.1) is 0 Å². The van der Waals surface area contributed by atoms with Crippen molar-refractivity contribution in [3.8, 4) is 0 Å². The van der Waals surface area contributed by atoms with Gasteiger partial charge in [-0.3, -0.25) is 4.98 Å². The number of sulfone groups is 1. The summed E-state index contributed by atoms with van der Waals surface area (Å²) in [5.74, 6) is 0. The zero-order chi connectivity index (χ0) is 19.0. The third kappa shape index (κ3) is 3.44. The van der Waals surface area contributed by atoms with E-state index in [1.807, 2.05) is 30.3 Å². The van der Waals surface area contributed by atoms with E-state index in [2.05, 4.69) is 29.5 Å². The number of nitrogens with zero attached hydrogens (tertiary/aromatic N) is 1. The summed E-state index contributed by atoms with van der Waals surface area (Å²) >= 11 is 0. The van der Waals surface area contributed by atoms with Crippen molar-refractivity contribution < 1.29 is 13.2 Å². The van der Waals surface area contributed by atoms with Gasteiger partial charge in [0.25, 0.3) is 0 Å². The number of benzene rings is 1. The molecule has 1 fully saturated rings. The molecule has 26 heavy (non-hydrogen) atoms. The van der Waals surface area contributed by atoms with Crippen LogP contribution in [-0.2, 0) is 21.9 Å². The van der Waals surface area contributed by atoms with Gasteiger partial charge < -0.3 is 10.6 Å². The molecule has 1 atom stereocenters. The average Bonchev–Trinajstić information content (AvgIpc) is 3.15. The molecule has 1 aromatic carbocycles. The molecule has 0 saturated heterocycles. The zero-order valence-corrected chi connectivity index (χ0v) is 15.9. The fourth-order valence-electron chi connectivity index (χ4n) is 3.42. The van der Waals surface area contributed by atoms with Crippen molar-refractivity contribution >= 4 is 15.9 Å². The third-order valence-electron chi connectivity index (χ3n) is 5.00. The lowest BCUT2D eigenvalue weighted by molar-refractivity contribution is 0.231. The lowest BCUT2D eigenvalue weighted by Crippen LogP contribution is -2.44. The number of hydrogen-bond acceptors (Lipinski definition) is 4. The van der Waals surface area contributed by atoms with E-state index in [-0.39, 0.29) is 22.9 Å². The van der Waals surface area contributed by atoms with Crippen molar-refractivity contribution in [3.63, 3.8) is 0 Å². The van der Waals surface area contributed by atoms with Gasteiger partial charge in [0.05, 0.1) is 22.7 Å². The van der Waals surface area contributed by atoms with Crippen molar-refractivity contribution in [2.75, 3.05) is 6.26 Å². The Morgan fingerprint density at radius 2 is 1.81 bits per heavy atom. The molecule has 1 saturated carbocycles. The van der Waals surface area contributed by atoms with Crippen molar-refractivity contribution in [2.24, 2.45) is 5.41 Å². The first-order chi connectivity index (χ1) is 12.2. The van der Waals surface area contributed by atoms with E-state index in [0.717, 1.165) is 18.2 Å². The van der Waals surface area contributed by atoms with E-state index in [1.165, 1.54) is 12.3 Å². The largest absolute Gasteiger partial charge is 0.332 e. The van der Waals surface area contributed by atoms with E-state index >= 15 is 0 Å². The molecular formula is C19H23N3O3S. The third-order valence-corrected chi connectivity index (χ3v) is 6.17. The number of urea groups is 1. The summed E-state index contributed by atoms with van der Waals surface area (Å²) in [7, 11) is -3.40. The molecule has 0 radical (unpaired) electrons. The Morgan fingerprint density at radius 1 is 1.15 bits per heavy atom. The monoisotopic (exact) mass is 373 g/mol. The van der Waals surface area contributed by atoms with Crippen molar-refractivity contribution in [3.05, 3.63) is 59.9 Å². The van der Waals surface area contributed by atoms with Crippen LogP contribution in [0.2, 0.25) is 0 Å². The van der Waals surface area contributed by atoms with Crippen LogP contribution in [0.5, 0.6) is 0 Å². The molecule has 1 unspecified atom stereocenters. The lowest BCUT2D eigenvalue weighted by Gasteiger charge is -2.23. The summed E-state index contributed by atoms with van der Waals surface area (Å²) in [6.45, 7) is 4.27. The van der Waals surface area contributed by atoms with Crippen molar-refractivity contribution in [2.45, 2.75) is 37.2 Å². The van der Waals surface area contributed by atoms with E-state index in [0.29, 0.717) is 5.69 Å². The minimum Gasteiger partial charge on any atom is -0.332 e. The van der Waals surface area contributed by atoms with Crippen LogP contribution in [0, 0.1) is 5.41 Å². The predicted molar refractivity (Wildman–Crippen MR) is 99.2 cm³/mol. The van der Waals surface area contributed by atoms with Crippen LogP contribution in [0.3, 0.4) is 0 Å². The van der Waals surface area contributed by atoms with Gasteiger partial charge in [0.2, 0.25) is 0 Å². The highest BCUT2D eigenvalue weighted by Crippen LogP contribution is 2.62. The summed E-state index contributed by atoms with van der Waals surface area (Å²) in [5.41, 5.74) is 0.931. The summed E-state index contributed by atoms with van der Waals surface area (Å²) in [4.78, 5) is 16.7. The number of pyridine rings is 1. The quantitative estimate of drug-likeness (QED) is 0.843. The molecule has 7 heteroatoms. The van der Waals surface area contributed by atoms with Crippen LogP contribution in [-0.4, -0.2) is 25.7 Å². The highest BCUT2D eigenvalue weighted by molar-refractivity contribution is 7.90. The first-order valence-corrected chi connectivity index (χ1v) is 10.3. The van der Waals surface area contributed by atoms with Crippen LogP contribution in [0.1, 0.15) is 31.5 Å². The molecule has 0 spiro atoms. The smallest absolute Gasteiger partial charge is 0.315 e. The number of carbonyl (C=O) groups is 1. The molecule has 6 nitrogen and oxygen atoms in total. The van der Waals surface area contributed by atoms with Crippen LogP contribution < -0.4 is 10.6 Å². The second kappa shape index (κ2) is 6.39. The lowest BCUT2D eigenvalue weighted by atomic mass is 9.96. The van der Waals surface area contributed by atoms with Crippen LogP contribution >= 0.6 is 0 Å². The second-order valence-electron chi connectivity index (χ2n) is 7.36. The molecule has 0 bridgehead atoms. The highest BCUT2D eigenvalue weighted by atomic mass is 32.2. The molecule has 1 aliphatic carbocycles. The summed E-state index contributed by atoms with van der Waals surface area (Å²) < 4.78 is 23.7. The van der Waals surface area contributed by atoms with Gasteiger partial charge >= 0.3 is 6.03 Å². The summed E-state index contributed by atoms with van der Waals surface area (Å²) in [6, 6.07) is 12.6. The number of aromatic nitrogens is 1. The molecule has 1 heterocycles. The second-order valence-corrected chi connectivity index (χ2v) is 9.34. The summed E-state index contributed by atoms with van der Waals surface area (Å²) in [5, 5.41) is 5.81. The number of amides is 2. The normalized spacial score (nSPS) is 21.0. The Bertz CT molecular complexity index is 926. The number of rotatable bonds is 5. The first kappa shape index (κ1) is 18.4. The molecule has 1 aromatic heterocycles. The van der Waals surface area contributed by atoms with Crippen molar-refractivity contribution in [1.82, 2.24) is 15.6 Å². The molecular weight excluding hydrogens is 350 g/mol. The number of hydrogen-bond donors (Lipinski definition) is 2. The number of nitrogens with one attached hydrogen (secondary N) is 2. The molecule has 2 N–H and O–H groups in total. The maximum Gasteiger partial charge on any atom is 0.315 e. The Kier molecular flexibility index (Phi) is 4.52. The van der Waals surface area contributed by atoms with Gasteiger partial charge in [-0.05, 0) is 29.5 Å². The Hall–Kier alpha value is -2.41. The standard InChI is InChI=1S/C19H23N3O3S/c1-18(2)13-19(18,14-8-5-4-6-9-14)22-17(23)21-12-15-16(26(3,24)25)10-7-11-20-15/h4-11H,12-13H2,1-3H3,(H2,21,22,23). The zero-order valence-electron chi connectivity index (χ0n) is 15.1. The fourth-order valence-corrected chi connectivity index (χ4v) is 4.29. The Labute approximate surface area is 154 Å². The number of carbonyl (C=O) groups excluding carboxylic acids is 1. The van der Waals surface area contributed by atoms with E-state index in [9.17, 15) is 13.2 Å². The first-order valence-electron chi connectivity index (χ1n) is 8.41. The maximum atomic E-state index is 12.5. The molecule has 138 valence electrons. The average molecular weight is 373 g/mol. The van der Waals surface area contributed by atoms with E-state index < -0.39 is 15.4 Å². The fraction of sp³-hybridized carbons (Fsp3) is 0.368. The van der Waals surface area contributed by atoms with Gasteiger partial charge in [-0.2, -0.15) is 0 Å². The predicted octanol–water partition coefficient (Wildman–Crippen LogP) is 2.61. The SMILES string of the molecule is CC1(C)CC1(NC(=O)NCc1ncccc1S(C)(=O)=O)c1ccccc1. The molecule has 0 aliphatic heterocycles. The summed E-state index contributed by atoms with van der Waals surface area (Å²) in [6.07, 6.45) is 3.49. The minimum absolute atomic E-state index is 0.0420. The van der Waals surface area contributed by atoms with Gasteiger partial charge in [-0.25, -0.2) is 13.2 Å². The van der Waals surface area contributed by atoms with Gasteiger partial charge in [-0.1, -0.05) is 44.2 Å². The maximum absolute atomic E-state index is 12.5. The molecule has 2 amide bonds. The molecule has 3 rings (SSSR count). The van der Waals surface area contributed by atoms with Crippen molar-refractivity contribution in [1.29, 1.82) is 0 Å². The van der Waals surface area contributed by atoms with Gasteiger partial charge in [0.1, 0.15) is 0 Å². The van der Waals surface area contributed by atoms with Gasteiger partial charge in [0.15, 0.2) is 9.84 Å². The van der Waals surface area contributed by atoms with Crippen LogP contribution in [0.15, 0.2) is 53.6 Å². The van der Waals surface area contributed by atoms with E-state index in [1.54, 1.807) is 6.07 Å². The Balaban J connectivity index is 1.73.